The fourth-order valence-corrected chi connectivity index (χ4v) is 4.73. The number of urea groups is 1. The van der Waals surface area contributed by atoms with Gasteiger partial charge in [-0.3, -0.25) is 10.1 Å². The average molecular weight is 442 g/mol. The lowest BCUT2D eigenvalue weighted by Gasteiger charge is -2.43. The van der Waals surface area contributed by atoms with E-state index in [-0.39, 0.29) is 17.4 Å². The fourth-order valence-electron chi connectivity index (χ4n) is 4.49. The molecule has 7 nitrogen and oxygen atoms in total. The number of nitrogens with one attached hydrogen (secondary N) is 2. The van der Waals surface area contributed by atoms with Crippen molar-refractivity contribution in [2.45, 2.75) is 39.3 Å². The van der Waals surface area contributed by atoms with Crippen molar-refractivity contribution >= 4 is 28.5 Å². The Balaban J connectivity index is 1.39. The third kappa shape index (κ3) is 4.52. The number of likely N-dealkylation sites (tertiary alicyclic amines) is 1. The molecule has 1 saturated heterocycles. The number of carbonyl (C=O) groups excluding carboxylic acids is 1. The first-order chi connectivity index (χ1) is 14.9. The second-order valence-electron chi connectivity index (χ2n) is 8.79. The third-order valence-electron chi connectivity index (χ3n) is 6.52. The molecule has 0 bridgehead atoms. The van der Waals surface area contributed by atoms with E-state index in [1.807, 2.05) is 35.2 Å². The zero-order chi connectivity index (χ0) is 22.0. The molecule has 31 heavy (non-hydrogen) atoms. The van der Waals surface area contributed by atoms with Gasteiger partial charge in [-0.25, -0.2) is 4.79 Å². The number of aromatic amines is 1. The largest absolute Gasteiger partial charge is 0.388 e. The van der Waals surface area contributed by atoms with Crippen molar-refractivity contribution in [2.75, 3.05) is 13.1 Å². The molecule has 1 atom stereocenters. The maximum atomic E-state index is 12.5. The van der Waals surface area contributed by atoms with Gasteiger partial charge in [0.2, 0.25) is 0 Å². The molecular weight excluding hydrogens is 414 g/mol. The minimum Gasteiger partial charge on any atom is -0.388 e. The Morgan fingerprint density at radius 1 is 1.35 bits per heavy atom. The van der Waals surface area contributed by atoms with Gasteiger partial charge >= 0.3 is 6.03 Å². The van der Waals surface area contributed by atoms with Crippen molar-refractivity contribution in [2.24, 2.45) is 11.3 Å². The lowest BCUT2D eigenvalue weighted by Crippen LogP contribution is -2.47. The highest BCUT2D eigenvalue weighted by Crippen LogP contribution is 2.46. The smallest absolute Gasteiger partial charge is 0.317 e. The molecule has 8 heteroatoms. The lowest BCUT2D eigenvalue weighted by molar-refractivity contribution is -0.0143. The number of pyridine rings is 1. The molecule has 0 spiro atoms. The van der Waals surface area contributed by atoms with Gasteiger partial charge in [-0.2, -0.15) is 5.10 Å². The van der Waals surface area contributed by atoms with Gasteiger partial charge in [-0.1, -0.05) is 31.5 Å². The molecule has 164 valence electrons. The Labute approximate surface area is 186 Å². The molecule has 4 rings (SSSR count). The van der Waals surface area contributed by atoms with Crippen molar-refractivity contribution < 1.29 is 9.90 Å². The molecule has 2 amide bonds. The molecule has 1 unspecified atom stereocenters. The molecular formula is C23H28ClN5O2. The molecule has 3 heterocycles. The average Bonchev–Trinajstić information content (AvgIpc) is 3.25. The molecule has 1 fully saturated rings. The number of aliphatic hydroxyl groups is 1. The third-order valence-corrected chi connectivity index (χ3v) is 6.74. The monoisotopic (exact) mass is 441 g/mol. The highest BCUT2D eigenvalue weighted by Gasteiger charge is 2.40. The maximum Gasteiger partial charge on any atom is 0.317 e. The quantitative estimate of drug-likeness (QED) is 0.550. The van der Waals surface area contributed by atoms with Crippen molar-refractivity contribution in [1.82, 2.24) is 25.4 Å². The van der Waals surface area contributed by atoms with Crippen LogP contribution in [0.3, 0.4) is 0 Å². The van der Waals surface area contributed by atoms with Gasteiger partial charge in [-0.05, 0) is 48.4 Å². The number of hydrogen-bond acceptors (Lipinski definition) is 4. The van der Waals surface area contributed by atoms with Crippen LogP contribution in [0.25, 0.3) is 10.9 Å². The SMILES string of the molecule is CC(C)(C1CCN(C(=O)NCc2ccccn2)CC1)C(O)c1cc(Cl)cc2cn[nH]c12. The molecule has 2 aromatic heterocycles. The summed E-state index contributed by atoms with van der Waals surface area (Å²) in [5.41, 5.74) is 2.03. The standard InChI is InChI=1S/C23H28ClN5O2/c1-23(2,21(30)19-12-17(24)11-15-13-27-28-20(15)19)16-6-9-29(10-7-16)22(31)26-14-18-5-3-4-8-25-18/h3-5,8,11-13,16,21,30H,6-7,9-10,14H2,1-2H3,(H,26,31)(H,27,28). The summed E-state index contributed by atoms with van der Waals surface area (Å²) in [6.07, 6.45) is 4.38. The van der Waals surface area contributed by atoms with Crippen molar-refractivity contribution in [3.63, 3.8) is 0 Å². The zero-order valence-electron chi connectivity index (χ0n) is 17.8. The van der Waals surface area contributed by atoms with Crippen LogP contribution >= 0.6 is 11.6 Å². The Morgan fingerprint density at radius 3 is 2.84 bits per heavy atom. The number of H-pyrrole nitrogens is 1. The fraction of sp³-hybridized carbons (Fsp3) is 0.435. The Morgan fingerprint density at radius 2 is 2.13 bits per heavy atom. The number of amides is 2. The summed E-state index contributed by atoms with van der Waals surface area (Å²) in [6.45, 7) is 5.90. The molecule has 3 N–H and O–H groups in total. The number of aromatic nitrogens is 3. The van der Waals surface area contributed by atoms with Gasteiger partial charge in [0, 0.05) is 35.3 Å². The Kier molecular flexibility index (Phi) is 6.16. The molecule has 0 radical (unpaired) electrons. The summed E-state index contributed by atoms with van der Waals surface area (Å²) in [6, 6.07) is 9.23. The number of aliphatic hydroxyl groups excluding tert-OH is 1. The van der Waals surface area contributed by atoms with Gasteiger partial charge < -0.3 is 15.3 Å². The first kappa shape index (κ1) is 21.6. The van der Waals surface area contributed by atoms with E-state index in [9.17, 15) is 9.90 Å². The van der Waals surface area contributed by atoms with Crippen LogP contribution in [0.1, 0.15) is 44.1 Å². The topological polar surface area (TPSA) is 94.1 Å². The first-order valence-electron chi connectivity index (χ1n) is 10.6. The van der Waals surface area contributed by atoms with Crippen molar-refractivity contribution in [3.05, 3.63) is 59.0 Å². The van der Waals surface area contributed by atoms with Crippen molar-refractivity contribution in [1.29, 1.82) is 0 Å². The Bertz CT molecular complexity index is 1040. The highest BCUT2D eigenvalue weighted by atomic mass is 35.5. The van der Waals surface area contributed by atoms with Crippen molar-refractivity contribution in [3.8, 4) is 0 Å². The first-order valence-corrected chi connectivity index (χ1v) is 11.0. The maximum absolute atomic E-state index is 12.5. The summed E-state index contributed by atoms with van der Waals surface area (Å²) in [5.74, 6) is 0.263. The number of fused-ring (bicyclic) bond motifs is 1. The number of rotatable bonds is 5. The van der Waals surface area contributed by atoms with Crippen LogP contribution in [-0.2, 0) is 6.54 Å². The molecule has 0 aliphatic carbocycles. The summed E-state index contributed by atoms with van der Waals surface area (Å²) in [5, 5.41) is 22.8. The van der Waals surface area contributed by atoms with Gasteiger partial charge in [0.25, 0.3) is 0 Å². The van der Waals surface area contributed by atoms with Crippen LogP contribution in [0.5, 0.6) is 0 Å². The van der Waals surface area contributed by atoms with Crippen LogP contribution in [0, 0.1) is 11.3 Å². The second kappa shape index (κ2) is 8.85. The summed E-state index contributed by atoms with van der Waals surface area (Å²) in [4.78, 5) is 18.6. The number of hydrogen-bond donors (Lipinski definition) is 3. The van der Waals surface area contributed by atoms with Crippen LogP contribution in [0.4, 0.5) is 4.79 Å². The summed E-state index contributed by atoms with van der Waals surface area (Å²) < 4.78 is 0. The van der Waals surface area contributed by atoms with Crippen LogP contribution < -0.4 is 5.32 Å². The number of halogens is 1. The number of benzene rings is 1. The minimum atomic E-state index is -0.705. The van der Waals surface area contributed by atoms with E-state index in [1.54, 1.807) is 12.4 Å². The van der Waals surface area contributed by atoms with Gasteiger partial charge in [-0.15, -0.1) is 0 Å². The van der Waals surface area contributed by atoms with E-state index in [0.717, 1.165) is 35.0 Å². The Hall–Kier alpha value is -2.64. The molecule has 1 aromatic carbocycles. The van der Waals surface area contributed by atoms with E-state index in [2.05, 4.69) is 34.3 Å². The van der Waals surface area contributed by atoms with E-state index in [0.29, 0.717) is 24.7 Å². The molecule has 0 saturated carbocycles. The van der Waals surface area contributed by atoms with E-state index in [1.165, 1.54) is 0 Å². The summed E-state index contributed by atoms with van der Waals surface area (Å²) in [7, 11) is 0. The van der Waals surface area contributed by atoms with Crippen LogP contribution in [0.2, 0.25) is 5.02 Å². The van der Waals surface area contributed by atoms with Gasteiger partial charge in [0.1, 0.15) is 0 Å². The second-order valence-corrected chi connectivity index (χ2v) is 9.23. The number of nitrogens with zero attached hydrogens (tertiary/aromatic N) is 3. The number of piperidine rings is 1. The highest BCUT2D eigenvalue weighted by molar-refractivity contribution is 6.31. The number of carbonyl (C=O) groups is 1. The lowest BCUT2D eigenvalue weighted by atomic mass is 9.68. The molecule has 1 aliphatic heterocycles. The summed E-state index contributed by atoms with van der Waals surface area (Å²) >= 11 is 6.28. The zero-order valence-corrected chi connectivity index (χ0v) is 18.6. The van der Waals surface area contributed by atoms with Gasteiger partial charge in [0.05, 0.1) is 30.1 Å². The van der Waals surface area contributed by atoms with Crippen LogP contribution in [0.15, 0.2) is 42.7 Å². The van der Waals surface area contributed by atoms with Gasteiger partial charge in [0.15, 0.2) is 0 Å². The van der Waals surface area contributed by atoms with E-state index >= 15 is 0 Å². The predicted octanol–water partition coefficient (Wildman–Crippen LogP) is 4.29. The predicted molar refractivity (Wildman–Crippen MR) is 121 cm³/mol. The van der Waals surface area contributed by atoms with E-state index in [4.69, 9.17) is 11.6 Å². The molecule has 1 aliphatic rings. The van der Waals surface area contributed by atoms with Crippen LogP contribution in [-0.4, -0.2) is 44.3 Å². The van der Waals surface area contributed by atoms with E-state index < -0.39 is 6.10 Å². The minimum absolute atomic E-state index is 0.0727. The molecule has 3 aromatic rings. The normalized spacial score (nSPS) is 16.5.